The summed E-state index contributed by atoms with van der Waals surface area (Å²) in [5.74, 6) is 0. The molecule has 0 N–H and O–H groups in total. The molecule has 12 rings (SSSR count). The molecule has 0 fully saturated rings. The van der Waals surface area contributed by atoms with Gasteiger partial charge in [-0.1, -0.05) is 115 Å². The summed E-state index contributed by atoms with van der Waals surface area (Å²) in [7, 11) is 0. The van der Waals surface area contributed by atoms with Crippen molar-refractivity contribution in [2.45, 2.75) is 0 Å². The number of hydrogen-bond donors (Lipinski definition) is 0. The van der Waals surface area contributed by atoms with Crippen molar-refractivity contribution < 1.29 is 4.42 Å². The van der Waals surface area contributed by atoms with Crippen molar-refractivity contribution in [2.24, 2.45) is 0 Å². The van der Waals surface area contributed by atoms with Crippen molar-refractivity contribution in [1.29, 1.82) is 0 Å². The largest absolute Gasteiger partial charge is 0.456 e. The molecule has 0 aliphatic rings. The van der Waals surface area contributed by atoms with Gasteiger partial charge in [0.25, 0.3) is 0 Å². The summed E-state index contributed by atoms with van der Waals surface area (Å²) in [6.07, 6.45) is 0. The van der Waals surface area contributed by atoms with Gasteiger partial charge >= 0.3 is 0 Å². The zero-order valence-electron chi connectivity index (χ0n) is 26.3. The Bertz CT molecular complexity index is 3320. The molecule has 3 nitrogen and oxygen atoms in total. The van der Waals surface area contributed by atoms with Gasteiger partial charge in [-0.2, -0.15) is 0 Å². The van der Waals surface area contributed by atoms with Crippen LogP contribution in [-0.2, 0) is 0 Å². The number of para-hydroxylation sites is 2. The molecule has 0 bridgehead atoms. The Morgan fingerprint density at radius 2 is 1.04 bits per heavy atom. The van der Waals surface area contributed by atoms with Crippen molar-refractivity contribution in [3.05, 3.63) is 158 Å². The molecule has 4 aromatic heterocycles. The first-order valence-corrected chi connectivity index (χ1v) is 16.9. The van der Waals surface area contributed by atoms with Crippen LogP contribution in [-0.4, -0.2) is 8.97 Å². The van der Waals surface area contributed by atoms with Crippen molar-refractivity contribution in [1.82, 2.24) is 8.97 Å². The first-order valence-electron chi connectivity index (χ1n) is 16.9. The van der Waals surface area contributed by atoms with Gasteiger partial charge in [0.1, 0.15) is 11.2 Å². The second-order valence-electron chi connectivity index (χ2n) is 13.3. The molecule has 0 aliphatic heterocycles. The monoisotopic (exact) mass is 622 g/mol. The molecule has 12 aromatic rings. The molecule has 8 aromatic carbocycles. The number of nitrogens with zero attached hydrogens (tertiary/aromatic N) is 2. The van der Waals surface area contributed by atoms with Crippen LogP contribution in [0.1, 0.15) is 0 Å². The van der Waals surface area contributed by atoms with Gasteiger partial charge in [-0.05, 0) is 64.4 Å². The van der Waals surface area contributed by atoms with E-state index >= 15 is 0 Å². The molecular weight excluding hydrogens is 597 g/mol. The standard InChI is InChI=1S/C46H26N2O/c1-2-10-31-27(9-1)21-24-34-35-25-26-39-44-43-33(32-11-3-5-15-37(32)48(45(31)34)46(35)44)14-7-16-38(43)47(39)29-22-19-28(20-23-29)30-13-8-18-41-42(30)36-12-4-6-17-40(36)49-41/h1-26H. The zero-order chi connectivity index (χ0) is 31.8. The Hall–Kier alpha value is -6.58. The fourth-order valence-electron chi connectivity index (χ4n) is 8.85. The van der Waals surface area contributed by atoms with Gasteiger partial charge in [-0.25, -0.2) is 0 Å². The highest BCUT2D eigenvalue weighted by molar-refractivity contribution is 6.34. The number of furan rings is 1. The van der Waals surface area contributed by atoms with E-state index in [4.69, 9.17) is 4.42 Å². The van der Waals surface area contributed by atoms with Crippen LogP contribution in [0, 0.1) is 0 Å². The number of aromatic nitrogens is 2. The lowest BCUT2D eigenvalue weighted by molar-refractivity contribution is 0.669. The predicted octanol–water partition coefficient (Wildman–Crippen LogP) is 12.7. The molecule has 0 saturated heterocycles. The van der Waals surface area contributed by atoms with Gasteiger partial charge in [0, 0.05) is 48.8 Å². The lowest BCUT2D eigenvalue weighted by atomic mass is 9.99. The molecule has 3 heteroatoms. The number of hydrogen-bond acceptors (Lipinski definition) is 1. The second kappa shape index (κ2) is 9.06. The molecule has 226 valence electrons. The molecule has 0 atom stereocenters. The van der Waals surface area contributed by atoms with Gasteiger partial charge in [-0.15, -0.1) is 0 Å². The van der Waals surface area contributed by atoms with Crippen molar-refractivity contribution >= 4 is 92.6 Å². The summed E-state index contributed by atoms with van der Waals surface area (Å²) in [4.78, 5) is 0. The van der Waals surface area contributed by atoms with E-state index in [0.717, 1.165) is 27.6 Å². The molecule has 0 unspecified atom stereocenters. The van der Waals surface area contributed by atoms with Gasteiger partial charge < -0.3 is 13.4 Å². The van der Waals surface area contributed by atoms with Gasteiger partial charge in [0.05, 0.1) is 27.6 Å². The fraction of sp³-hybridized carbons (Fsp3) is 0. The number of fused-ring (bicyclic) bond motifs is 11. The Kier molecular flexibility index (Phi) is 4.72. The molecule has 0 saturated carbocycles. The molecule has 0 aliphatic carbocycles. The molecule has 4 heterocycles. The third-order valence-electron chi connectivity index (χ3n) is 10.8. The highest BCUT2D eigenvalue weighted by Gasteiger charge is 2.23. The quantitative estimate of drug-likeness (QED) is 0.188. The van der Waals surface area contributed by atoms with E-state index in [1.165, 1.54) is 81.8 Å². The Morgan fingerprint density at radius 3 is 1.96 bits per heavy atom. The van der Waals surface area contributed by atoms with E-state index in [9.17, 15) is 0 Å². The average molecular weight is 623 g/mol. The van der Waals surface area contributed by atoms with E-state index in [-0.39, 0.29) is 0 Å². The Morgan fingerprint density at radius 1 is 0.367 bits per heavy atom. The molecule has 0 radical (unpaired) electrons. The van der Waals surface area contributed by atoms with Crippen LogP contribution in [0.2, 0.25) is 0 Å². The minimum atomic E-state index is 0.916. The highest BCUT2D eigenvalue weighted by Crippen LogP contribution is 2.46. The number of benzene rings is 8. The predicted molar refractivity (Wildman–Crippen MR) is 206 cm³/mol. The summed E-state index contributed by atoms with van der Waals surface area (Å²) in [5.41, 5.74) is 11.5. The summed E-state index contributed by atoms with van der Waals surface area (Å²) in [5, 5.41) is 12.6. The van der Waals surface area contributed by atoms with Crippen LogP contribution < -0.4 is 0 Å². The van der Waals surface area contributed by atoms with Gasteiger partial charge in [-0.3, -0.25) is 0 Å². The summed E-state index contributed by atoms with van der Waals surface area (Å²) >= 11 is 0. The van der Waals surface area contributed by atoms with Gasteiger partial charge in [0.2, 0.25) is 0 Å². The SMILES string of the molecule is c1ccc2c(c1)ccc1c3ccc4c5c6c(cccc6n4-c4ccc(-c6cccc7oc8ccccc8c67)cc4)c4ccccc4n(c21)c35. The molecule has 0 amide bonds. The summed E-state index contributed by atoms with van der Waals surface area (Å²) < 4.78 is 11.2. The normalized spacial score (nSPS) is 12.5. The second-order valence-corrected chi connectivity index (χ2v) is 13.3. The van der Waals surface area contributed by atoms with E-state index in [1.54, 1.807) is 0 Å². The van der Waals surface area contributed by atoms with E-state index in [1.807, 2.05) is 12.1 Å². The third-order valence-corrected chi connectivity index (χ3v) is 10.8. The minimum Gasteiger partial charge on any atom is -0.456 e. The van der Waals surface area contributed by atoms with Crippen LogP contribution in [0.25, 0.3) is 109 Å². The summed E-state index contributed by atoms with van der Waals surface area (Å²) in [6, 6.07) is 57.5. The fourth-order valence-corrected chi connectivity index (χ4v) is 8.85. The number of rotatable bonds is 2. The average Bonchev–Trinajstić information content (AvgIpc) is 3.80. The van der Waals surface area contributed by atoms with Crippen LogP contribution in [0.4, 0.5) is 0 Å². The topological polar surface area (TPSA) is 22.5 Å². The van der Waals surface area contributed by atoms with Crippen LogP contribution in [0.3, 0.4) is 0 Å². The highest BCUT2D eigenvalue weighted by atomic mass is 16.3. The summed E-state index contributed by atoms with van der Waals surface area (Å²) in [6.45, 7) is 0. The van der Waals surface area contributed by atoms with Crippen molar-refractivity contribution in [2.75, 3.05) is 0 Å². The van der Waals surface area contributed by atoms with E-state index < -0.39 is 0 Å². The van der Waals surface area contributed by atoms with Crippen molar-refractivity contribution in [3.63, 3.8) is 0 Å². The van der Waals surface area contributed by atoms with Crippen LogP contribution in [0.15, 0.2) is 162 Å². The molecule has 49 heavy (non-hydrogen) atoms. The lowest BCUT2D eigenvalue weighted by Crippen LogP contribution is -1.94. The Balaban J connectivity index is 1.20. The molecular formula is C46H26N2O. The Labute approximate surface area is 279 Å². The molecule has 0 spiro atoms. The first kappa shape index (κ1) is 25.5. The van der Waals surface area contributed by atoms with Crippen molar-refractivity contribution in [3.8, 4) is 16.8 Å². The maximum atomic E-state index is 6.22. The smallest absolute Gasteiger partial charge is 0.136 e. The maximum absolute atomic E-state index is 6.22. The van der Waals surface area contributed by atoms with Crippen LogP contribution in [0.5, 0.6) is 0 Å². The third kappa shape index (κ3) is 3.17. The van der Waals surface area contributed by atoms with E-state index in [2.05, 4.69) is 155 Å². The zero-order valence-corrected chi connectivity index (χ0v) is 26.3. The van der Waals surface area contributed by atoms with Crippen LogP contribution >= 0.6 is 0 Å². The first-order chi connectivity index (χ1) is 24.3. The van der Waals surface area contributed by atoms with E-state index in [0.29, 0.717) is 0 Å². The lowest BCUT2D eigenvalue weighted by Gasteiger charge is -2.11. The maximum Gasteiger partial charge on any atom is 0.136 e. The minimum absolute atomic E-state index is 0.916. The van der Waals surface area contributed by atoms with Gasteiger partial charge in [0.15, 0.2) is 0 Å².